The Kier molecular flexibility index (Phi) is 5.60. The number of amides is 2. The Balaban J connectivity index is 4.95. The molecule has 110 valence electrons. The number of nitrogens with zero attached hydrogens (tertiary/aromatic N) is 1. The molecule has 0 saturated heterocycles. The number of carbonyl (C=O) groups excluding carboxylic acids is 2. The average Bonchev–Trinajstić information content (AvgIpc) is 2.07. The van der Waals surface area contributed by atoms with Crippen LogP contribution in [0.1, 0.15) is 48.5 Å². The van der Waals surface area contributed by atoms with Gasteiger partial charge in [0, 0.05) is 0 Å². The van der Waals surface area contributed by atoms with E-state index in [4.69, 9.17) is 9.47 Å². The third kappa shape index (κ3) is 8.24. The molecule has 0 saturated carbocycles. The van der Waals surface area contributed by atoms with Gasteiger partial charge in [-0.15, -0.1) is 0 Å². The summed E-state index contributed by atoms with van der Waals surface area (Å²) in [6, 6.07) is 0. The maximum Gasteiger partial charge on any atom is 0.420 e. The molecule has 0 bridgehead atoms. The standard InChI is InChI=1S/C14H25NO4/c1-10(2)9-15(11(16)18-13(3,4)5)12(17)19-14(6,7)8/h1,9H2,2-8H3. The number of imide groups is 1. The summed E-state index contributed by atoms with van der Waals surface area (Å²) in [6.07, 6.45) is -1.46. The van der Waals surface area contributed by atoms with Crippen molar-refractivity contribution in [2.24, 2.45) is 0 Å². The molecule has 0 aromatic carbocycles. The average molecular weight is 271 g/mol. The highest BCUT2D eigenvalue weighted by Gasteiger charge is 2.30. The molecule has 0 radical (unpaired) electrons. The summed E-state index contributed by atoms with van der Waals surface area (Å²) in [7, 11) is 0. The molecule has 0 aromatic heterocycles. The van der Waals surface area contributed by atoms with Gasteiger partial charge in [-0.05, 0) is 48.5 Å². The molecule has 0 spiro atoms. The lowest BCUT2D eigenvalue weighted by atomic mass is 10.2. The van der Waals surface area contributed by atoms with Crippen molar-refractivity contribution in [3.8, 4) is 0 Å². The zero-order chi connectivity index (χ0) is 15.4. The molecule has 0 aliphatic rings. The van der Waals surface area contributed by atoms with Gasteiger partial charge in [-0.1, -0.05) is 12.2 Å². The molecule has 0 aliphatic heterocycles. The topological polar surface area (TPSA) is 55.8 Å². The van der Waals surface area contributed by atoms with Crippen LogP contribution in [0, 0.1) is 0 Å². The van der Waals surface area contributed by atoms with E-state index in [1.54, 1.807) is 48.5 Å². The van der Waals surface area contributed by atoms with Gasteiger partial charge < -0.3 is 9.47 Å². The van der Waals surface area contributed by atoms with E-state index >= 15 is 0 Å². The minimum Gasteiger partial charge on any atom is -0.443 e. The Morgan fingerprint density at radius 2 is 1.26 bits per heavy atom. The van der Waals surface area contributed by atoms with Crippen LogP contribution in [0.15, 0.2) is 12.2 Å². The van der Waals surface area contributed by atoms with Crippen LogP contribution in [-0.2, 0) is 9.47 Å². The van der Waals surface area contributed by atoms with Crippen molar-refractivity contribution in [3.63, 3.8) is 0 Å². The van der Waals surface area contributed by atoms with Gasteiger partial charge in [-0.2, -0.15) is 0 Å². The molecule has 0 heterocycles. The quantitative estimate of drug-likeness (QED) is 0.718. The highest BCUT2D eigenvalue weighted by atomic mass is 16.6. The second-order valence-corrected chi connectivity index (χ2v) is 6.50. The first-order valence-corrected chi connectivity index (χ1v) is 6.20. The molecule has 0 unspecified atom stereocenters. The van der Waals surface area contributed by atoms with Crippen molar-refractivity contribution < 1.29 is 19.1 Å². The van der Waals surface area contributed by atoms with E-state index in [1.807, 2.05) is 0 Å². The summed E-state index contributed by atoms with van der Waals surface area (Å²) in [5.74, 6) is 0. The highest BCUT2D eigenvalue weighted by Crippen LogP contribution is 2.15. The SMILES string of the molecule is C=C(C)CN(C(=O)OC(C)(C)C)C(=O)OC(C)(C)C. The Hall–Kier alpha value is -1.52. The minimum atomic E-state index is -0.732. The van der Waals surface area contributed by atoms with E-state index in [0.29, 0.717) is 5.57 Å². The van der Waals surface area contributed by atoms with Gasteiger partial charge in [0.05, 0.1) is 6.54 Å². The van der Waals surface area contributed by atoms with Gasteiger partial charge in [-0.3, -0.25) is 0 Å². The monoisotopic (exact) mass is 271 g/mol. The van der Waals surface area contributed by atoms with E-state index in [1.165, 1.54) is 0 Å². The third-order valence-corrected chi connectivity index (χ3v) is 1.66. The van der Waals surface area contributed by atoms with Crippen molar-refractivity contribution in [3.05, 3.63) is 12.2 Å². The van der Waals surface area contributed by atoms with Crippen LogP contribution in [-0.4, -0.2) is 34.8 Å². The lowest BCUT2D eigenvalue weighted by molar-refractivity contribution is 0.00325. The number of carbonyl (C=O) groups is 2. The molecule has 0 fully saturated rings. The Labute approximate surface area is 115 Å². The van der Waals surface area contributed by atoms with Crippen LogP contribution in [0.25, 0.3) is 0 Å². The van der Waals surface area contributed by atoms with E-state index in [0.717, 1.165) is 4.90 Å². The van der Waals surface area contributed by atoms with E-state index in [-0.39, 0.29) is 6.54 Å². The van der Waals surface area contributed by atoms with Crippen molar-refractivity contribution in [1.82, 2.24) is 4.90 Å². The van der Waals surface area contributed by atoms with Gasteiger partial charge in [0.15, 0.2) is 0 Å². The molecule has 0 atom stereocenters. The Morgan fingerprint density at radius 3 is 1.47 bits per heavy atom. The Morgan fingerprint density at radius 1 is 0.947 bits per heavy atom. The van der Waals surface area contributed by atoms with Gasteiger partial charge in [0.1, 0.15) is 11.2 Å². The maximum absolute atomic E-state index is 12.0. The van der Waals surface area contributed by atoms with Gasteiger partial charge in [0.2, 0.25) is 0 Å². The predicted molar refractivity (Wildman–Crippen MR) is 74.0 cm³/mol. The van der Waals surface area contributed by atoms with Gasteiger partial charge in [0.25, 0.3) is 0 Å². The fourth-order valence-electron chi connectivity index (χ4n) is 1.11. The van der Waals surface area contributed by atoms with Crippen LogP contribution < -0.4 is 0 Å². The number of rotatable bonds is 2. The summed E-state index contributed by atoms with van der Waals surface area (Å²) < 4.78 is 10.4. The maximum atomic E-state index is 12.0. The minimum absolute atomic E-state index is 0.0732. The normalized spacial score (nSPS) is 11.7. The van der Waals surface area contributed by atoms with E-state index in [2.05, 4.69) is 6.58 Å². The summed E-state index contributed by atoms with van der Waals surface area (Å²) in [6.45, 7) is 15.9. The molecule has 0 aliphatic carbocycles. The smallest absolute Gasteiger partial charge is 0.420 e. The first-order chi connectivity index (χ1) is 8.32. The zero-order valence-electron chi connectivity index (χ0n) is 13.0. The molecule has 0 aromatic rings. The fraction of sp³-hybridized carbons (Fsp3) is 0.714. The van der Waals surface area contributed by atoms with E-state index < -0.39 is 23.4 Å². The van der Waals surface area contributed by atoms with Crippen LogP contribution in [0.5, 0.6) is 0 Å². The third-order valence-electron chi connectivity index (χ3n) is 1.66. The highest BCUT2D eigenvalue weighted by molar-refractivity contribution is 5.88. The van der Waals surface area contributed by atoms with Crippen LogP contribution in [0.3, 0.4) is 0 Å². The van der Waals surface area contributed by atoms with Crippen molar-refractivity contribution in [2.75, 3.05) is 6.54 Å². The second kappa shape index (κ2) is 6.08. The van der Waals surface area contributed by atoms with Crippen LogP contribution in [0.2, 0.25) is 0 Å². The zero-order valence-corrected chi connectivity index (χ0v) is 13.0. The van der Waals surface area contributed by atoms with E-state index in [9.17, 15) is 9.59 Å². The summed E-state index contributed by atoms with van der Waals surface area (Å²) in [5, 5.41) is 0. The lowest BCUT2D eigenvalue weighted by Gasteiger charge is -2.28. The molecular weight excluding hydrogens is 246 g/mol. The molecule has 0 rings (SSSR count). The predicted octanol–water partition coefficient (Wildman–Crippen LogP) is 3.73. The van der Waals surface area contributed by atoms with Crippen molar-refractivity contribution in [2.45, 2.75) is 59.7 Å². The second-order valence-electron chi connectivity index (χ2n) is 6.50. The number of ether oxygens (including phenoxy) is 2. The number of hydrogen-bond acceptors (Lipinski definition) is 4. The molecular formula is C14H25NO4. The molecule has 0 N–H and O–H groups in total. The van der Waals surface area contributed by atoms with Crippen molar-refractivity contribution >= 4 is 12.2 Å². The molecule has 5 heteroatoms. The largest absolute Gasteiger partial charge is 0.443 e. The molecule has 2 amide bonds. The number of hydrogen-bond donors (Lipinski definition) is 0. The Bertz CT molecular complexity index is 333. The van der Waals surface area contributed by atoms with Crippen LogP contribution in [0.4, 0.5) is 9.59 Å². The first kappa shape index (κ1) is 17.5. The summed E-state index contributed by atoms with van der Waals surface area (Å²) in [4.78, 5) is 24.9. The van der Waals surface area contributed by atoms with Gasteiger partial charge >= 0.3 is 12.2 Å². The summed E-state index contributed by atoms with van der Waals surface area (Å²) >= 11 is 0. The summed E-state index contributed by atoms with van der Waals surface area (Å²) in [5.41, 5.74) is -0.685. The lowest BCUT2D eigenvalue weighted by Crippen LogP contribution is -2.44. The first-order valence-electron chi connectivity index (χ1n) is 6.20. The molecule has 19 heavy (non-hydrogen) atoms. The fourth-order valence-corrected chi connectivity index (χ4v) is 1.11. The van der Waals surface area contributed by atoms with Crippen molar-refractivity contribution in [1.29, 1.82) is 0 Å². The van der Waals surface area contributed by atoms with Crippen LogP contribution >= 0.6 is 0 Å². The van der Waals surface area contributed by atoms with Gasteiger partial charge in [-0.25, -0.2) is 14.5 Å². The molecule has 5 nitrogen and oxygen atoms in total.